The molecule has 0 saturated carbocycles. The van der Waals surface area contributed by atoms with Crippen molar-refractivity contribution in [3.63, 3.8) is 0 Å². The van der Waals surface area contributed by atoms with Gasteiger partial charge in [-0.25, -0.2) is 8.42 Å². The van der Waals surface area contributed by atoms with E-state index in [1.807, 2.05) is 6.26 Å². The minimum Gasteiger partial charge on any atom is -0.326 e. The second-order valence-electron chi connectivity index (χ2n) is 5.02. The summed E-state index contributed by atoms with van der Waals surface area (Å²) < 4.78 is 26.9. The summed E-state index contributed by atoms with van der Waals surface area (Å²) in [6.45, 7) is 0. The lowest BCUT2D eigenvalue weighted by atomic mass is 10.3. The average Bonchev–Trinajstić information content (AvgIpc) is 2.57. The number of nitrogens with zero attached hydrogens (tertiary/aromatic N) is 2. The van der Waals surface area contributed by atoms with Gasteiger partial charge in [-0.1, -0.05) is 11.6 Å². The van der Waals surface area contributed by atoms with Crippen LogP contribution in [0.5, 0.6) is 0 Å². The lowest BCUT2D eigenvalue weighted by Gasteiger charge is -2.08. The normalized spacial score (nSPS) is 11.1. The van der Waals surface area contributed by atoms with Crippen molar-refractivity contribution in [2.75, 3.05) is 22.0 Å². The molecular weight excluding hydrogens is 384 g/mol. The van der Waals surface area contributed by atoms with Gasteiger partial charge in [0.2, 0.25) is 5.91 Å². The summed E-state index contributed by atoms with van der Waals surface area (Å²) in [5, 5.41) is 10.1. The molecule has 1 heterocycles. The molecule has 10 heteroatoms. The molecule has 0 unspecified atom stereocenters. The summed E-state index contributed by atoms with van der Waals surface area (Å²) in [4.78, 5) is 11.8. The van der Waals surface area contributed by atoms with Gasteiger partial charge in [0.05, 0.1) is 4.90 Å². The van der Waals surface area contributed by atoms with Crippen LogP contribution in [0.3, 0.4) is 0 Å². The van der Waals surface area contributed by atoms with E-state index in [4.69, 9.17) is 11.6 Å². The smallest absolute Gasteiger partial charge is 0.263 e. The van der Waals surface area contributed by atoms with Crippen LogP contribution in [0.2, 0.25) is 5.15 Å². The van der Waals surface area contributed by atoms with Gasteiger partial charge >= 0.3 is 0 Å². The van der Waals surface area contributed by atoms with Gasteiger partial charge in [-0.3, -0.25) is 9.52 Å². The van der Waals surface area contributed by atoms with Crippen LogP contribution in [-0.4, -0.2) is 36.5 Å². The van der Waals surface area contributed by atoms with Gasteiger partial charge < -0.3 is 5.32 Å². The Morgan fingerprint density at radius 3 is 2.48 bits per heavy atom. The van der Waals surface area contributed by atoms with Crippen LogP contribution in [-0.2, 0) is 14.8 Å². The Hall–Kier alpha value is -1.84. The largest absolute Gasteiger partial charge is 0.326 e. The minimum absolute atomic E-state index is 0.0460. The summed E-state index contributed by atoms with van der Waals surface area (Å²) in [5.74, 6) is 0.888. The molecule has 7 nitrogen and oxygen atoms in total. The first kappa shape index (κ1) is 19.5. The molecule has 0 spiro atoms. The van der Waals surface area contributed by atoms with E-state index in [9.17, 15) is 13.2 Å². The molecule has 0 aliphatic heterocycles. The highest BCUT2D eigenvalue weighted by Gasteiger charge is 2.15. The Balaban J connectivity index is 2.00. The maximum atomic E-state index is 12.3. The van der Waals surface area contributed by atoms with Crippen LogP contribution >= 0.6 is 23.4 Å². The Labute approximate surface area is 155 Å². The number of nitrogens with one attached hydrogen (secondary N) is 2. The van der Waals surface area contributed by atoms with Crippen molar-refractivity contribution in [3.8, 4) is 0 Å². The molecule has 0 saturated heterocycles. The number of anilines is 2. The van der Waals surface area contributed by atoms with E-state index in [1.165, 1.54) is 36.4 Å². The molecule has 2 rings (SSSR count). The number of carbonyl (C=O) groups is 1. The quantitative estimate of drug-likeness (QED) is 0.660. The predicted octanol–water partition coefficient (Wildman–Crippen LogP) is 3.01. The zero-order chi connectivity index (χ0) is 18.3. The van der Waals surface area contributed by atoms with Gasteiger partial charge in [-0.2, -0.15) is 11.8 Å². The van der Waals surface area contributed by atoms with Crippen LogP contribution in [0, 0.1) is 0 Å². The Morgan fingerprint density at radius 2 is 1.88 bits per heavy atom. The van der Waals surface area contributed by atoms with E-state index in [0.29, 0.717) is 12.1 Å². The van der Waals surface area contributed by atoms with Crippen LogP contribution in [0.1, 0.15) is 12.8 Å². The first-order valence-corrected chi connectivity index (χ1v) is 10.6. The second-order valence-corrected chi connectivity index (χ2v) is 8.07. The van der Waals surface area contributed by atoms with E-state index in [1.54, 1.807) is 11.8 Å². The highest BCUT2D eigenvalue weighted by Crippen LogP contribution is 2.17. The Morgan fingerprint density at radius 1 is 1.16 bits per heavy atom. The van der Waals surface area contributed by atoms with Crippen molar-refractivity contribution >= 4 is 50.8 Å². The molecule has 0 radical (unpaired) electrons. The first-order valence-electron chi connectivity index (χ1n) is 7.31. The third kappa shape index (κ3) is 6.18. The fourth-order valence-corrected chi connectivity index (χ4v) is 3.42. The van der Waals surface area contributed by atoms with Crippen molar-refractivity contribution < 1.29 is 13.2 Å². The number of hydrogen-bond donors (Lipinski definition) is 2. The lowest BCUT2D eigenvalue weighted by Crippen LogP contribution is -2.15. The molecule has 0 atom stereocenters. The number of rotatable bonds is 8. The van der Waals surface area contributed by atoms with Crippen LogP contribution in [0.25, 0.3) is 0 Å². The average molecular weight is 401 g/mol. The van der Waals surface area contributed by atoms with Crippen LogP contribution in [0.4, 0.5) is 11.5 Å². The van der Waals surface area contributed by atoms with E-state index >= 15 is 0 Å². The summed E-state index contributed by atoms with van der Waals surface area (Å²) in [5.41, 5.74) is 0.541. The number of amides is 1. The van der Waals surface area contributed by atoms with Crippen LogP contribution in [0.15, 0.2) is 41.3 Å². The third-order valence-electron chi connectivity index (χ3n) is 3.07. The lowest BCUT2D eigenvalue weighted by molar-refractivity contribution is -0.116. The fraction of sp³-hybridized carbons (Fsp3) is 0.267. The third-order valence-corrected chi connectivity index (χ3v) is 5.34. The summed E-state index contributed by atoms with van der Waals surface area (Å²) in [6.07, 6.45) is 3.21. The highest BCUT2D eigenvalue weighted by atomic mass is 35.5. The predicted molar refractivity (Wildman–Crippen MR) is 101 cm³/mol. The molecule has 1 aromatic heterocycles. The van der Waals surface area contributed by atoms with E-state index < -0.39 is 10.0 Å². The molecule has 2 N–H and O–H groups in total. The number of carbonyl (C=O) groups excluding carboxylic acids is 1. The molecular formula is C15H17ClN4O3S2. The van der Waals surface area contributed by atoms with E-state index in [0.717, 1.165) is 12.2 Å². The molecule has 0 bridgehead atoms. The van der Waals surface area contributed by atoms with Gasteiger partial charge in [-0.15, -0.1) is 10.2 Å². The van der Waals surface area contributed by atoms with Crippen molar-refractivity contribution in [3.05, 3.63) is 41.6 Å². The molecule has 0 aliphatic carbocycles. The standard InChI is InChI=1S/C15H17ClN4O3S2/c1-24-10-2-3-15(21)17-11-4-6-12(7-5-11)25(22,23)20-14-9-8-13(16)18-19-14/h4-9H,2-3,10H2,1H3,(H,17,21)(H,19,20). The van der Waals surface area contributed by atoms with Crippen molar-refractivity contribution in [2.45, 2.75) is 17.7 Å². The van der Waals surface area contributed by atoms with E-state index in [2.05, 4.69) is 20.2 Å². The topological polar surface area (TPSA) is 101 Å². The van der Waals surface area contributed by atoms with Gasteiger partial charge in [0.1, 0.15) is 0 Å². The maximum Gasteiger partial charge on any atom is 0.263 e. The number of aromatic nitrogens is 2. The summed E-state index contributed by atoms with van der Waals surface area (Å²) >= 11 is 7.30. The molecule has 0 fully saturated rings. The number of sulfonamides is 1. The van der Waals surface area contributed by atoms with E-state index in [-0.39, 0.29) is 21.8 Å². The second kappa shape index (κ2) is 9.02. The van der Waals surface area contributed by atoms with Crippen molar-refractivity contribution in [2.24, 2.45) is 0 Å². The molecule has 1 amide bonds. The molecule has 134 valence electrons. The van der Waals surface area contributed by atoms with Gasteiger partial charge in [0.15, 0.2) is 11.0 Å². The zero-order valence-corrected chi connectivity index (χ0v) is 15.8. The number of benzene rings is 1. The molecule has 25 heavy (non-hydrogen) atoms. The van der Waals surface area contributed by atoms with Crippen molar-refractivity contribution in [1.29, 1.82) is 0 Å². The van der Waals surface area contributed by atoms with Crippen molar-refractivity contribution in [1.82, 2.24) is 10.2 Å². The SMILES string of the molecule is CSCCCC(=O)Nc1ccc(S(=O)(=O)Nc2ccc(Cl)nn2)cc1. The number of thioether (sulfide) groups is 1. The Bertz CT molecular complexity index is 812. The first-order chi connectivity index (χ1) is 11.9. The number of hydrogen-bond acceptors (Lipinski definition) is 6. The molecule has 0 aliphatic rings. The zero-order valence-electron chi connectivity index (χ0n) is 13.4. The van der Waals surface area contributed by atoms with Gasteiger partial charge in [0, 0.05) is 12.1 Å². The Kier molecular flexibility index (Phi) is 7.03. The fourth-order valence-electron chi connectivity index (χ4n) is 1.88. The minimum atomic E-state index is -3.80. The maximum absolute atomic E-state index is 12.3. The highest BCUT2D eigenvalue weighted by molar-refractivity contribution is 7.98. The number of halogens is 1. The molecule has 2 aromatic rings. The van der Waals surface area contributed by atoms with Gasteiger partial charge in [0.25, 0.3) is 10.0 Å². The molecule has 1 aromatic carbocycles. The van der Waals surface area contributed by atoms with Crippen LogP contribution < -0.4 is 10.0 Å². The summed E-state index contributed by atoms with van der Waals surface area (Å²) in [7, 11) is -3.80. The van der Waals surface area contributed by atoms with Gasteiger partial charge in [-0.05, 0) is 54.8 Å². The summed E-state index contributed by atoms with van der Waals surface area (Å²) in [6, 6.07) is 8.73. The monoisotopic (exact) mass is 400 g/mol.